The molecule has 4 amide bonds. The molecule has 9 nitrogen and oxygen atoms in total. The number of para-hydroxylation sites is 1. The van der Waals surface area contributed by atoms with E-state index in [0.29, 0.717) is 16.3 Å². The molecular weight excluding hydrogens is 480 g/mol. The Labute approximate surface area is 214 Å². The Morgan fingerprint density at radius 1 is 1.14 bits per heavy atom. The van der Waals surface area contributed by atoms with Gasteiger partial charge < -0.3 is 20.9 Å². The highest BCUT2D eigenvalue weighted by atomic mass is 35.5. The largest absolute Gasteiger partial charge is 0.368 e. The number of hydrogen-bond donors (Lipinski definition) is 2. The molecular formula is C26H29ClN6O3. The quantitative estimate of drug-likeness (QED) is 0.548. The maximum atomic E-state index is 13.8. The van der Waals surface area contributed by atoms with Crippen LogP contribution in [0.5, 0.6) is 0 Å². The molecule has 1 aliphatic heterocycles. The van der Waals surface area contributed by atoms with Crippen molar-refractivity contribution in [1.82, 2.24) is 20.0 Å². The van der Waals surface area contributed by atoms with Gasteiger partial charge >= 0.3 is 6.03 Å². The summed E-state index contributed by atoms with van der Waals surface area (Å²) >= 11 is 6.55. The molecule has 3 N–H and O–H groups in total. The maximum Gasteiger partial charge on any atom is 0.318 e. The van der Waals surface area contributed by atoms with Crippen LogP contribution < -0.4 is 16.0 Å². The van der Waals surface area contributed by atoms with Crippen LogP contribution in [0, 0.1) is 5.92 Å². The molecule has 1 aromatic heterocycles. The highest BCUT2D eigenvalue weighted by Gasteiger charge is 2.34. The first kappa shape index (κ1) is 25.2. The van der Waals surface area contributed by atoms with Gasteiger partial charge in [0.2, 0.25) is 5.91 Å². The molecule has 36 heavy (non-hydrogen) atoms. The third-order valence-electron chi connectivity index (χ3n) is 6.31. The minimum Gasteiger partial charge on any atom is -0.368 e. The Morgan fingerprint density at radius 3 is 2.53 bits per heavy atom. The Morgan fingerprint density at radius 2 is 1.89 bits per heavy atom. The number of carbonyl (C=O) groups excluding carboxylic acids is 3. The van der Waals surface area contributed by atoms with Gasteiger partial charge in [0.05, 0.1) is 16.3 Å². The van der Waals surface area contributed by atoms with Crippen molar-refractivity contribution in [2.24, 2.45) is 11.7 Å². The van der Waals surface area contributed by atoms with Crippen LogP contribution in [0.15, 0.2) is 60.9 Å². The number of anilines is 1. The van der Waals surface area contributed by atoms with Crippen molar-refractivity contribution in [3.63, 3.8) is 0 Å². The number of nitrogens with zero attached hydrogens (tertiary/aromatic N) is 4. The van der Waals surface area contributed by atoms with Crippen LogP contribution in [0.1, 0.15) is 36.7 Å². The molecule has 2 atom stereocenters. The molecule has 0 aliphatic carbocycles. The van der Waals surface area contributed by atoms with Crippen LogP contribution in [0.2, 0.25) is 5.02 Å². The van der Waals surface area contributed by atoms with Gasteiger partial charge in [-0.1, -0.05) is 43.6 Å². The second kappa shape index (κ2) is 10.4. The highest BCUT2D eigenvalue weighted by molar-refractivity contribution is 6.34. The number of amides is 4. The van der Waals surface area contributed by atoms with E-state index in [0.717, 1.165) is 11.3 Å². The number of halogens is 1. The molecule has 2 aromatic carbocycles. The van der Waals surface area contributed by atoms with Crippen molar-refractivity contribution in [3.05, 3.63) is 77.1 Å². The zero-order chi connectivity index (χ0) is 26.0. The van der Waals surface area contributed by atoms with E-state index >= 15 is 0 Å². The zero-order valence-corrected chi connectivity index (χ0v) is 21.1. The summed E-state index contributed by atoms with van der Waals surface area (Å²) in [5, 5.41) is 7.26. The topological polar surface area (TPSA) is 114 Å². The lowest BCUT2D eigenvalue weighted by Gasteiger charge is -2.31. The van der Waals surface area contributed by atoms with Crippen LogP contribution in [-0.4, -0.2) is 51.2 Å². The van der Waals surface area contributed by atoms with Gasteiger partial charge in [-0.25, -0.2) is 9.48 Å². The summed E-state index contributed by atoms with van der Waals surface area (Å²) in [6, 6.07) is 12.9. The molecule has 0 saturated carbocycles. The Bertz CT molecular complexity index is 1280. The van der Waals surface area contributed by atoms with Gasteiger partial charge in [0, 0.05) is 37.2 Å². The third kappa shape index (κ3) is 5.06. The first-order valence-electron chi connectivity index (χ1n) is 11.7. The Balaban J connectivity index is 1.64. The van der Waals surface area contributed by atoms with E-state index in [9.17, 15) is 14.4 Å². The molecule has 0 saturated heterocycles. The number of benzene rings is 2. The number of nitrogens with two attached hydrogens (primary N) is 1. The average Bonchev–Trinajstić information content (AvgIpc) is 3.33. The van der Waals surface area contributed by atoms with E-state index in [4.69, 9.17) is 17.3 Å². The van der Waals surface area contributed by atoms with Crippen LogP contribution in [-0.2, 0) is 11.3 Å². The standard InChI is InChI=1S/C26H29ClN6O3/c1-16(2)23(24(28)34)30-26(36)31-15-18-7-4-5-8-22(18)32(14-17(31)3)25(35)20-10-9-19(13-21(20)27)33-12-6-11-29-33/h4-13,16-17,23H,14-15H2,1-3H3,(H2,28,34)(H,30,36)/t17-,23+/m1/s1. The van der Waals surface area contributed by atoms with Gasteiger partial charge in [-0.3, -0.25) is 9.59 Å². The Kier molecular flexibility index (Phi) is 7.30. The van der Waals surface area contributed by atoms with Gasteiger partial charge in [-0.2, -0.15) is 5.10 Å². The molecule has 0 fully saturated rings. The first-order valence-corrected chi connectivity index (χ1v) is 12.1. The van der Waals surface area contributed by atoms with Crippen molar-refractivity contribution in [1.29, 1.82) is 0 Å². The minimum atomic E-state index is -0.798. The molecule has 4 rings (SSSR count). The van der Waals surface area contributed by atoms with E-state index in [-0.39, 0.29) is 31.0 Å². The van der Waals surface area contributed by atoms with Crippen LogP contribution in [0.4, 0.5) is 10.5 Å². The van der Waals surface area contributed by atoms with Gasteiger partial charge in [-0.05, 0) is 48.7 Å². The molecule has 3 aromatic rings. The normalized spacial score (nSPS) is 16.3. The van der Waals surface area contributed by atoms with E-state index in [1.54, 1.807) is 51.1 Å². The molecule has 0 radical (unpaired) electrons. The molecule has 0 spiro atoms. The van der Waals surface area contributed by atoms with Crippen molar-refractivity contribution < 1.29 is 14.4 Å². The molecule has 0 unspecified atom stereocenters. The van der Waals surface area contributed by atoms with Crippen molar-refractivity contribution in [3.8, 4) is 5.69 Å². The fourth-order valence-corrected chi connectivity index (χ4v) is 4.60. The smallest absolute Gasteiger partial charge is 0.318 e. The van der Waals surface area contributed by atoms with Gasteiger partial charge in [0.1, 0.15) is 6.04 Å². The predicted octanol–water partition coefficient (Wildman–Crippen LogP) is 3.60. The highest BCUT2D eigenvalue weighted by Crippen LogP contribution is 2.31. The van der Waals surface area contributed by atoms with Gasteiger partial charge in [-0.15, -0.1) is 0 Å². The van der Waals surface area contributed by atoms with Crippen LogP contribution in [0.25, 0.3) is 5.69 Å². The molecule has 10 heteroatoms. The monoisotopic (exact) mass is 508 g/mol. The van der Waals surface area contributed by atoms with Gasteiger partial charge in [0.25, 0.3) is 5.91 Å². The maximum absolute atomic E-state index is 13.8. The number of aromatic nitrogens is 2. The van der Waals surface area contributed by atoms with Crippen molar-refractivity contribution in [2.75, 3.05) is 11.4 Å². The fraction of sp³-hybridized carbons (Fsp3) is 0.308. The number of primary amides is 1. The second-order valence-corrected chi connectivity index (χ2v) is 9.62. The summed E-state index contributed by atoms with van der Waals surface area (Å²) in [6.07, 6.45) is 3.46. The zero-order valence-electron chi connectivity index (χ0n) is 20.4. The van der Waals surface area contributed by atoms with E-state index in [1.807, 2.05) is 45.0 Å². The summed E-state index contributed by atoms with van der Waals surface area (Å²) in [5.41, 5.74) is 8.09. The SMILES string of the molecule is CC(C)[C@H](NC(=O)N1Cc2ccccc2N(C(=O)c2ccc(-n3cccn3)cc2Cl)C[C@H]1C)C(N)=O. The molecule has 188 valence electrons. The molecule has 2 heterocycles. The average molecular weight is 509 g/mol. The van der Waals surface area contributed by atoms with E-state index in [1.165, 1.54) is 0 Å². The lowest BCUT2D eigenvalue weighted by Crippen LogP contribution is -2.54. The summed E-state index contributed by atoms with van der Waals surface area (Å²) in [6.45, 7) is 6.01. The number of rotatable bonds is 5. The number of fused-ring (bicyclic) bond motifs is 1. The molecule has 0 bridgehead atoms. The van der Waals surface area contributed by atoms with Crippen LogP contribution in [0.3, 0.4) is 0 Å². The van der Waals surface area contributed by atoms with Crippen molar-refractivity contribution in [2.45, 2.75) is 39.4 Å². The van der Waals surface area contributed by atoms with E-state index < -0.39 is 18.0 Å². The predicted molar refractivity (Wildman–Crippen MR) is 138 cm³/mol. The van der Waals surface area contributed by atoms with Crippen LogP contribution >= 0.6 is 11.6 Å². The minimum absolute atomic E-state index is 0.161. The molecule has 1 aliphatic rings. The summed E-state index contributed by atoms with van der Waals surface area (Å²) in [7, 11) is 0. The summed E-state index contributed by atoms with van der Waals surface area (Å²) < 4.78 is 1.66. The second-order valence-electron chi connectivity index (χ2n) is 9.21. The number of carbonyl (C=O) groups is 3. The summed E-state index contributed by atoms with van der Waals surface area (Å²) in [4.78, 5) is 42.1. The number of nitrogens with one attached hydrogen (secondary N) is 1. The lowest BCUT2D eigenvalue weighted by molar-refractivity contribution is -0.120. The van der Waals surface area contributed by atoms with E-state index in [2.05, 4.69) is 10.4 Å². The Hall–Kier alpha value is -3.85. The number of hydrogen-bond acceptors (Lipinski definition) is 4. The summed E-state index contributed by atoms with van der Waals surface area (Å²) in [5.74, 6) is -1.03. The third-order valence-corrected chi connectivity index (χ3v) is 6.62. The fourth-order valence-electron chi connectivity index (χ4n) is 4.34. The lowest BCUT2D eigenvalue weighted by atomic mass is 10.0. The first-order chi connectivity index (χ1) is 17.2. The van der Waals surface area contributed by atoms with Gasteiger partial charge in [0.15, 0.2) is 0 Å². The van der Waals surface area contributed by atoms with Crippen molar-refractivity contribution >= 4 is 35.1 Å². The number of urea groups is 1.